The summed E-state index contributed by atoms with van der Waals surface area (Å²) in [5, 5.41) is 0. The number of carbonyl (C=O) groups excluding carboxylic acids is 3. The lowest BCUT2D eigenvalue weighted by Gasteiger charge is -2.18. The lowest BCUT2D eigenvalue weighted by molar-refractivity contribution is -0.167. The normalized spacial score (nSPS) is 12.9. The molecule has 0 aromatic carbocycles. The van der Waals surface area contributed by atoms with Gasteiger partial charge >= 0.3 is 17.9 Å². The van der Waals surface area contributed by atoms with Crippen LogP contribution in [0, 0.1) is 11.8 Å². The second-order valence-corrected chi connectivity index (χ2v) is 21.5. The maximum Gasteiger partial charge on any atom is 0.306 e. The maximum absolute atomic E-state index is 12.9. The first-order valence-electron chi connectivity index (χ1n) is 30.3. The van der Waals surface area contributed by atoms with Crippen molar-refractivity contribution in [2.24, 2.45) is 11.8 Å². The minimum absolute atomic E-state index is 0.0628. The van der Waals surface area contributed by atoms with Gasteiger partial charge in [-0.2, -0.15) is 0 Å². The Morgan fingerprint density at radius 2 is 0.522 bits per heavy atom. The molecule has 0 radical (unpaired) electrons. The van der Waals surface area contributed by atoms with Crippen LogP contribution in [0.5, 0.6) is 0 Å². The van der Waals surface area contributed by atoms with Gasteiger partial charge in [-0.3, -0.25) is 14.4 Å². The van der Waals surface area contributed by atoms with Gasteiger partial charge in [0.25, 0.3) is 0 Å². The molecule has 0 saturated carbocycles. The summed E-state index contributed by atoms with van der Waals surface area (Å²) < 4.78 is 16.9. The molecule has 0 bridgehead atoms. The highest BCUT2D eigenvalue weighted by atomic mass is 16.6. The van der Waals surface area contributed by atoms with Crippen LogP contribution in [-0.4, -0.2) is 37.2 Å². The standard InChI is InChI=1S/C61H118O6/c1-6-9-10-11-12-13-14-15-16-17-18-19-20-24-27-30-36-41-46-51-59(62)65-54-58(55-66-60(63)52-47-42-37-33-32-35-40-45-50-57(5)8-3)67-61(64)53-48-43-38-31-28-25-22-21-23-26-29-34-39-44-49-56(4)7-2/h56-58H,6-55H2,1-5H3/t56?,57?,58-/m0/s1. The fourth-order valence-electron chi connectivity index (χ4n) is 9.34. The molecule has 0 aromatic heterocycles. The van der Waals surface area contributed by atoms with Crippen LogP contribution in [0.2, 0.25) is 0 Å². The topological polar surface area (TPSA) is 78.9 Å². The van der Waals surface area contributed by atoms with Crippen molar-refractivity contribution in [1.29, 1.82) is 0 Å². The molecule has 6 heteroatoms. The molecule has 398 valence electrons. The predicted molar refractivity (Wildman–Crippen MR) is 289 cm³/mol. The van der Waals surface area contributed by atoms with Crippen molar-refractivity contribution in [2.45, 2.75) is 349 Å². The van der Waals surface area contributed by atoms with Gasteiger partial charge in [-0.05, 0) is 31.1 Å². The van der Waals surface area contributed by atoms with Crippen molar-refractivity contribution < 1.29 is 28.6 Å². The van der Waals surface area contributed by atoms with Crippen LogP contribution in [0.3, 0.4) is 0 Å². The highest BCUT2D eigenvalue weighted by Crippen LogP contribution is 2.19. The molecule has 0 aliphatic heterocycles. The monoisotopic (exact) mass is 947 g/mol. The first-order valence-corrected chi connectivity index (χ1v) is 30.3. The first kappa shape index (κ1) is 65.4. The molecule has 6 nitrogen and oxygen atoms in total. The van der Waals surface area contributed by atoms with Crippen molar-refractivity contribution >= 4 is 17.9 Å². The Bertz CT molecular complexity index is 1030. The van der Waals surface area contributed by atoms with Crippen LogP contribution in [0.25, 0.3) is 0 Å². The second-order valence-electron chi connectivity index (χ2n) is 21.5. The van der Waals surface area contributed by atoms with E-state index in [2.05, 4.69) is 34.6 Å². The third kappa shape index (κ3) is 52.1. The Balaban J connectivity index is 4.27. The second kappa shape index (κ2) is 53.8. The minimum Gasteiger partial charge on any atom is -0.462 e. The Morgan fingerprint density at radius 3 is 0.776 bits per heavy atom. The molecule has 0 rings (SSSR count). The van der Waals surface area contributed by atoms with Gasteiger partial charge in [0.05, 0.1) is 0 Å². The molecule has 0 N–H and O–H groups in total. The quantitative estimate of drug-likeness (QED) is 0.0343. The number of hydrogen-bond donors (Lipinski definition) is 0. The van der Waals surface area contributed by atoms with E-state index in [1.807, 2.05) is 0 Å². The van der Waals surface area contributed by atoms with Gasteiger partial charge in [0.15, 0.2) is 6.10 Å². The lowest BCUT2D eigenvalue weighted by atomic mass is 9.99. The third-order valence-corrected chi connectivity index (χ3v) is 14.7. The number of hydrogen-bond acceptors (Lipinski definition) is 6. The summed E-state index contributed by atoms with van der Waals surface area (Å²) in [6, 6.07) is 0. The molecule has 0 aliphatic carbocycles. The molecular formula is C61H118O6. The summed E-state index contributed by atoms with van der Waals surface area (Å²) in [6.07, 6.45) is 58.0. The minimum atomic E-state index is -0.763. The molecule has 0 spiro atoms. The van der Waals surface area contributed by atoms with Crippen LogP contribution >= 0.6 is 0 Å². The maximum atomic E-state index is 12.9. The van der Waals surface area contributed by atoms with E-state index in [1.165, 1.54) is 231 Å². The summed E-state index contributed by atoms with van der Waals surface area (Å²) in [6.45, 7) is 11.5. The van der Waals surface area contributed by atoms with Crippen molar-refractivity contribution in [2.75, 3.05) is 13.2 Å². The van der Waals surface area contributed by atoms with E-state index in [9.17, 15) is 14.4 Å². The van der Waals surface area contributed by atoms with Gasteiger partial charge < -0.3 is 14.2 Å². The van der Waals surface area contributed by atoms with Crippen LogP contribution in [0.15, 0.2) is 0 Å². The molecule has 0 aliphatic rings. The van der Waals surface area contributed by atoms with Crippen LogP contribution < -0.4 is 0 Å². The molecular weight excluding hydrogens is 829 g/mol. The van der Waals surface area contributed by atoms with E-state index < -0.39 is 6.10 Å². The molecule has 3 atom stereocenters. The van der Waals surface area contributed by atoms with Crippen LogP contribution in [0.4, 0.5) is 0 Å². The average Bonchev–Trinajstić information content (AvgIpc) is 3.33. The number of carbonyl (C=O) groups is 3. The van der Waals surface area contributed by atoms with Crippen LogP contribution in [-0.2, 0) is 28.6 Å². The third-order valence-electron chi connectivity index (χ3n) is 14.7. The summed E-state index contributed by atoms with van der Waals surface area (Å²) >= 11 is 0. The molecule has 0 heterocycles. The first-order chi connectivity index (χ1) is 32.8. The molecule has 0 saturated heterocycles. The average molecular weight is 948 g/mol. The highest BCUT2D eigenvalue weighted by molar-refractivity contribution is 5.71. The van der Waals surface area contributed by atoms with Crippen molar-refractivity contribution in [1.82, 2.24) is 0 Å². The Labute approximate surface area is 418 Å². The highest BCUT2D eigenvalue weighted by Gasteiger charge is 2.19. The van der Waals surface area contributed by atoms with E-state index >= 15 is 0 Å². The van der Waals surface area contributed by atoms with Gasteiger partial charge in [0.2, 0.25) is 0 Å². The number of rotatable bonds is 55. The number of esters is 3. The van der Waals surface area contributed by atoms with Crippen molar-refractivity contribution in [3.8, 4) is 0 Å². The number of unbranched alkanes of at least 4 members (excludes halogenated alkanes) is 38. The van der Waals surface area contributed by atoms with Gasteiger partial charge in [0.1, 0.15) is 13.2 Å². The SMILES string of the molecule is CCCCCCCCCCCCCCCCCCCCCC(=O)OC[C@@H](COC(=O)CCCCCCCCCCC(C)CC)OC(=O)CCCCCCCCCCCCCCCCC(C)CC. The van der Waals surface area contributed by atoms with Crippen molar-refractivity contribution in [3.63, 3.8) is 0 Å². The zero-order valence-corrected chi connectivity index (χ0v) is 46.0. The van der Waals surface area contributed by atoms with Crippen molar-refractivity contribution in [3.05, 3.63) is 0 Å². The Morgan fingerprint density at radius 1 is 0.299 bits per heavy atom. The summed E-state index contributed by atoms with van der Waals surface area (Å²) in [4.78, 5) is 38.2. The van der Waals surface area contributed by atoms with Gasteiger partial charge in [0, 0.05) is 19.3 Å². The van der Waals surface area contributed by atoms with E-state index in [0.717, 1.165) is 69.6 Å². The Hall–Kier alpha value is -1.59. The summed E-state index contributed by atoms with van der Waals surface area (Å²) in [5.41, 5.74) is 0. The molecule has 0 aromatic rings. The van der Waals surface area contributed by atoms with Crippen LogP contribution in [0.1, 0.15) is 343 Å². The smallest absolute Gasteiger partial charge is 0.306 e. The Kier molecular flexibility index (Phi) is 52.5. The zero-order chi connectivity index (χ0) is 48.9. The van der Waals surface area contributed by atoms with E-state index in [4.69, 9.17) is 14.2 Å². The predicted octanol–water partition coefficient (Wildman–Crippen LogP) is 20.0. The fraction of sp³-hybridized carbons (Fsp3) is 0.951. The lowest BCUT2D eigenvalue weighted by Crippen LogP contribution is -2.30. The molecule has 0 fully saturated rings. The summed E-state index contributed by atoms with van der Waals surface area (Å²) in [7, 11) is 0. The molecule has 2 unspecified atom stereocenters. The molecule has 0 amide bonds. The van der Waals surface area contributed by atoms with E-state index in [1.54, 1.807) is 0 Å². The van der Waals surface area contributed by atoms with Gasteiger partial charge in [-0.1, -0.05) is 304 Å². The van der Waals surface area contributed by atoms with Gasteiger partial charge in [-0.25, -0.2) is 0 Å². The summed E-state index contributed by atoms with van der Waals surface area (Å²) in [5.74, 6) is 0.903. The molecule has 67 heavy (non-hydrogen) atoms. The zero-order valence-electron chi connectivity index (χ0n) is 46.0. The largest absolute Gasteiger partial charge is 0.462 e. The van der Waals surface area contributed by atoms with E-state index in [-0.39, 0.29) is 31.1 Å². The van der Waals surface area contributed by atoms with E-state index in [0.29, 0.717) is 19.3 Å². The fourth-order valence-corrected chi connectivity index (χ4v) is 9.34. The number of ether oxygens (including phenoxy) is 3. The van der Waals surface area contributed by atoms with Gasteiger partial charge in [-0.15, -0.1) is 0 Å².